The van der Waals surface area contributed by atoms with Gasteiger partial charge in [0.05, 0.1) is 0 Å². The van der Waals surface area contributed by atoms with Crippen LogP contribution in [0.1, 0.15) is 16.7 Å². The Morgan fingerprint density at radius 2 is 1.41 bits per heavy atom. The lowest BCUT2D eigenvalue weighted by Crippen LogP contribution is -2.44. The molecule has 138 valence electrons. The molecule has 4 aromatic rings. The van der Waals surface area contributed by atoms with Crippen LogP contribution in [0.4, 0.5) is 0 Å². The monoisotopic (exact) mass is 374 g/mol. The van der Waals surface area contributed by atoms with E-state index in [1.54, 1.807) is 0 Å². The molecule has 0 bridgehead atoms. The lowest BCUT2D eigenvalue weighted by atomic mass is 9.89. The van der Waals surface area contributed by atoms with E-state index >= 15 is 0 Å². The summed E-state index contributed by atoms with van der Waals surface area (Å²) >= 11 is 0. The fraction of sp³-hybridized carbons (Fsp3) is 0.0370. The van der Waals surface area contributed by atoms with Crippen molar-refractivity contribution in [2.24, 2.45) is 0 Å². The van der Waals surface area contributed by atoms with Crippen molar-refractivity contribution in [3.05, 3.63) is 114 Å². The second-order valence-electron chi connectivity index (χ2n) is 7.37. The third-order valence-corrected chi connectivity index (χ3v) is 5.59. The first kappa shape index (κ1) is 16.2. The average molecular weight is 374 g/mol. The van der Waals surface area contributed by atoms with Gasteiger partial charge in [0.15, 0.2) is 0 Å². The molecule has 0 N–H and O–H groups in total. The summed E-state index contributed by atoms with van der Waals surface area (Å²) in [7, 11) is 0. The largest absolute Gasteiger partial charge is 0.444 e. The summed E-state index contributed by atoms with van der Waals surface area (Å²) in [4.78, 5) is 0. The maximum atomic E-state index is 6.72. The van der Waals surface area contributed by atoms with Crippen LogP contribution in [0.5, 0.6) is 11.5 Å². The molecular weight excluding hydrogens is 356 g/mol. The third kappa shape index (κ3) is 2.50. The summed E-state index contributed by atoms with van der Waals surface area (Å²) < 4.78 is 13.3. The number of para-hydroxylation sites is 1. The average Bonchev–Trinajstić information content (AvgIpc) is 2.79. The minimum absolute atomic E-state index is 0.820. The Balaban J connectivity index is 1.61. The van der Waals surface area contributed by atoms with E-state index in [2.05, 4.69) is 54.6 Å². The first-order valence-electron chi connectivity index (χ1n) is 9.78. The number of rotatable bonds is 1. The van der Waals surface area contributed by atoms with Crippen LogP contribution in [0.15, 0.2) is 97.1 Å². The Hall–Kier alpha value is -3.78. The molecule has 4 aromatic carbocycles. The van der Waals surface area contributed by atoms with Crippen molar-refractivity contribution in [1.82, 2.24) is 0 Å². The zero-order valence-corrected chi connectivity index (χ0v) is 15.7. The van der Waals surface area contributed by atoms with Crippen LogP contribution in [0, 0.1) is 0 Å². The molecular formula is C27H18O2. The molecule has 2 heteroatoms. The molecule has 0 aromatic heterocycles. The molecule has 29 heavy (non-hydrogen) atoms. The van der Waals surface area contributed by atoms with Crippen molar-refractivity contribution in [2.45, 2.75) is 5.79 Å². The van der Waals surface area contributed by atoms with Crippen molar-refractivity contribution < 1.29 is 9.47 Å². The third-order valence-electron chi connectivity index (χ3n) is 5.59. The standard InChI is InChI=1S/C27H18O2/c1-2-9-20(10-3-1)24-18-22-15-14-19-8-4-6-12-23(19)26(22)29-27(24)17-16-21-11-5-7-13-25(21)28-27/h1-18H. The molecule has 1 unspecified atom stereocenters. The van der Waals surface area contributed by atoms with Crippen LogP contribution in [-0.2, 0) is 0 Å². The lowest BCUT2D eigenvalue weighted by Gasteiger charge is -2.40. The Labute approximate surface area is 169 Å². The number of fused-ring (bicyclic) bond motifs is 4. The van der Waals surface area contributed by atoms with Crippen molar-refractivity contribution in [2.75, 3.05) is 0 Å². The highest BCUT2D eigenvalue weighted by Gasteiger charge is 2.43. The Morgan fingerprint density at radius 3 is 2.34 bits per heavy atom. The molecule has 0 radical (unpaired) electrons. The van der Waals surface area contributed by atoms with Gasteiger partial charge in [-0.1, -0.05) is 84.9 Å². The maximum absolute atomic E-state index is 6.72. The molecule has 2 aliphatic heterocycles. The highest BCUT2D eigenvalue weighted by atomic mass is 16.7. The van der Waals surface area contributed by atoms with Crippen molar-refractivity contribution >= 4 is 28.5 Å². The summed E-state index contributed by atoms with van der Waals surface area (Å²) in [5, 5.41) is 2.24. The van der Waals surface area contributed by atoms with Crippen molar-refractivity contribution in [3.8, 4) is 11.5 Å². The molecule has 0 fully saturated rings. The van der Waals surface area contributed by atoms with Gasteiger partial charge in [0, 0.05) is 28.2 Å². The van der Waals surface area contributed by atoms with E-state index in [1.165, 1.54) is 0 Å². The number of hydrogen-bond acceptors (Lipinski definition) is 2. The van der Waals surface area contributed by atoms with E-state index in [0.29, 0.717) is 0 Å². The number of benzene rings is 4. The van der Waals surface area contributed by atoms with Crippen LogP contribution in [0.2, 0.25) is 0 Å². The van der Waals surface area contributed by atoms with Gasteiger partial charge < -0.3 is 9.47 Å². The zero-order valence-electron chi connectivity index (χ0n) is 15.7. The molecule has 0 saturated heterocycles. The van der Waals surface area contributed by atoms with Gasteiger partial charge in [0.2, 0.25) is 0 Å². The number of hydrogen-bond donors (Lipinski definition) is 0. The Bertz CT molecular complexity index is 1300. The molecule has 1 atom stereocenters. The molecule has 2 nitrogen and oxygen atoms in total. The van der Waals surface area contributed by atoms with E-state index < -0.39 is 5.79 Å². The quantitative estimate of drug-likeness (QED) is 0.375. The fourth-order valence-corrected chi connectivity index (χ4v) is 4.16. The second-order valence-corrected chi connectivity index (χ2v) is 7.37. The van der Waals surface area contributed by atoms with Gasteiger partial charge in [0.25, 0.3) is 5.79 Å². The number of ether oxygens (including phenoxy) is 2. The molecule has 6 rings (SSSR count). The van der Waals surface area contributed by atoms with Gasteiger partial charge in [-0.25, -0.2) is 0 Å². The summed E-state index contributed by atoms with van der Waals surface area (Å²) in [6.07, 6.45) is 6.31. The van der Waals surface area contributed by atoms with Gasteiger partial charge in [-0.05, 0) is 29.2 Å². The van der Waals surface area contributed by atoms with E-state index in [-0.39, 0.29) is 0 Å². The SMILES string of the molecule is C1=CC2(Oc3ccccc31)Oc1c(ccc3ccccc13)C=C2c1ccccc1. The van der Waals surface area contributed by atoms with Crippen LogP contribution in [0.25, 0.3) is 28.5 Å². The minimum Gasteiger partial charge on any atom is -0.444 e. The summed E-state index contributed by atoms with van der Waals surface area (Å²) in [5.74, 6) is 0.666. The predicted molar refractivity (Wildman–Crippen MR) is 118 cm³/mol. The van der Waals surface area contributed by atoms with Gasteiger partial charge in [-0.3, -0.25) is 0 Å². The molecule has 0 saturated carbocycles. The summed E-state index contributed by atoms with van der Waals surface area (Å²) in [5.41, 5.74) is 4.18. The van der Waals surface area contributed by atoms with Crippen molar-refractivity contribution in [1.29, 1.82) is 0 Å². The maximum Gasteiger partial charge on any atom is 0.299 e. The predicted octanol–water partition coefficient (Wildman–Crippen LogP) is 6.57. The fourth-order valence-electron chi connectivity index (χ4n) is 4.16. The Morgan fingerprint density at radius 1 is 0.621 bits per heavy atom. The molecule has 1 spiro atoms. The molecule has 0 aliphatic carbocycles. The van der Waals surface area contributed by atoms with Crippen LogP contribution >= 0.6 is 0 Å². The first-order chi connectivity index (χ1) is 14.3. The van der Waals surface area contributed by atoms with Gasteiger partial charge in [0.1, 0.15) is 11.5 Å². The van der Waals surface area contributed by atoms with Crippen LogP contribution in [0.3, 0.4) is 0 Å². The zero-order chi connectivity index (χ0) is 19.3. The second kappa shape index (κ2) is 6.11. The van der Waals surface area contributed by atoms with E-state index in [1.807, 2.05) is 54.6 Å². The molecule has 0 amide bonds. The highest BCUT2D eigenvalue weighted by Crippen LogP contribution is 2.47. The van der Waals surface area contributed by atoms with Gasteiger partial charge >= 0.3 is 0 Å². The van der Waals surface area contributed by atoms with E-state index in [0.717, 1.165) is 44.5 Å². The highest BCUT2D eigenvalue weighted by molar-refractivity contribution is 5.98. The smallest absolute Gasteiger partial charge is 0.299 e. The van der Waals surface area contributed by atoms with Crippen LogP contribution in [-0.4, -0.2) is 5.79 Å². The van der Waals surface area contributed by atoms with Crippen molar-refractivity contribution in [3.63, 3.8) is 0 Å². The molecule has 2 heterocycles. The normalized spacial score (nSPS) is 19.1. The minimum atomic E-state index is -1.01. The first-order valence-corrected chi connectivity index (χ1v) is 9.78. The molecule has 2 aliphatic rings. The summed E-state index contributed by atoms with van der Waals surface area (Å²) in [6.45, 7) is 0. The van der Waals surface area contributed by atoms with E-state index in [4.69, 9.17) is 9.47 Å². The van der Waals surface area contributed by atoms with Crippen LogP contribution < -0.4 is 9.47 Å². The Kier molecular flexibility index (Phi) is 3.41. The van der Waals surface area contributed by atoms with Gasteiger partial charge in [-0.2, -0.15) is 0 Å². The topological polar surface area (TPSA) is 18.5 Å². The lowest BCUT2D eigenvalue weighted by molar-refractivity contribution is -0.0200. The summed E-state index contributed by atoms with van der Waals surface area (Å²) in [6, 6.07) is 30.9. The van der Waals surface area contributed by atoms with Gasteiger partial charge in [-0.15, -0.1) is 0 Å². The van der Waals surface area contributed by atoms with E-state index in [9.17, 15) is 0 Å².